The number of esters is 1. The third kappa shape index (κ3) is 7.26. The minimum atomic E-state index is -0.768. The van der Waals surface area contributed by atoms with Crippen LogP contribution in [0.5, 0.6) is 0 Å². The van der Waals surface area contributed by atoms with Gasteiger partial charge in [0, 0.05) is 18.3 Å². The second kappa shape index (κ2) is 11.6. The Morgan fingerprint density at radius 2 is 1.54 bits per heavy atom. The molecule has 0 bridgehead atoms. The first-order valence-corrected chi connectivity index (χ1v) is 11.0. The second-order valence-corrected chi connectivity index (χ2v) is 8.11. The highest BCUT2D eigenvalue weighted by Gasteiger charge is 2.19. The SMILES string of the molecule is Cc1ccc(NC(=O)CN(C)C(=O)COC(=O)c2ccccc2NC(=O)c2cccc(C)c2)cc1. The summed E-state index contributed by atoms with van der Waals surface area (Å²) in [7, 11) is 1.45. The van der Waals surface area contributed by atoms with Gasteiger partial charge in [-0.2, -0.15) is 0 Å². The molecule has 3 rings (SSSR count). The fraction of sp³-hybridized carbons (Fsp3) is 0.185. The normalized spacial score (nSPS) is 10.3. The Hall–Kier alpha value is -4.46. The molecule has 2 N–H and O–H groups in total. The highest BCUT2D eigenvalue weighted by molar-refractivity contribution is 6.08. The number of ether oxygens (including phenoxy) is 1. The predicted molar refractivity (Wildman–Crippen MR) is 133 cm³/mol. The minimum Gasteiger partial charge on any atom is -0.452 e. The van der Waals surface area contributed by atoms with Crippen LogP contribution in [0.2, 0.25) is 0 Å². The first kappa shape index (κ1) is 25.2. The number of carbonyl (C=O) groups excluding carboxylic acids is 4. The Kier molecular flexibility index (Phi) is 8.34. The zero-order chi connectivity index (χ0) is 25.4. The van der Waals surface area contributed by atoms with Crippen molar-refractivity contribution in [1.29, 1.82) is 0 Å². The topological polar surface area (TPSA) is 105 Å². The van der Waals surface area contributed by atoms with Gasteiger partial charge >= 0.3 is 5.97 Å². The van der Waals surface area contributed by atoms with Gasteiger partial charge in [0.15, 0.2) is 6.61 Å². The maximum atomic E-state index is 12.6. The lowest BCUT2D eigenvalue weighted by atomic mass is 10.1. The second-order valence-electron chi connectivity index (χ2n) is 8.11. The van der Waals surface area contributed by atoms with Crippen molar-refractivity contribution >= 4 is 35.1 Å². The number of carbonyl (C=O) groups is 4. The highest BCUT2D eigenvalue weighted by Crippen LogP contribution is 2.18. The largest absolute Gasteiger partial charge is 0.452 e. The molecule has 0 saturated carbocycles. The Balaban J connectivity index is 1.55. The molecule has 0 unspecified atom stereocenters. The van der Waals surface area contributed by atoms with Gasteiger partial charge in [-0.1, -0.05) is 47.5 Å². The van der Waals surface area contributed by atoms with E-state index in [-0.39, 0.29) is 29.6 Å². The fourth-order valence-electron chi connectivity index (χ4n) is 3.21. The summed E-state index contributed by atoms with van der Waals surface area (Å²) in [6.45, 7) is 3.07. The summed E-state index contributed by atoms with van der Waals surface area (Å²) in [6, 6.07) is 20.7. The maximum Gasteiger partial charge on any atom is 0.340 e. The Morgan fingerprint density at radius 1 is 0.829 bits per heavy atom. The van der Waals surface area contributed by atoms with Crippen LogP contribution in [-0.4, -0.2) is 48.8 Å². The lowest BCUT2D eigenvalue weighted by molar-refractivity contribution is -0.136. The van der Waals surface area contributed by atoms with Crippen LogP contribution in [0.3, 0.4) is 0 Å². The zero-order valence-electron chi connectivity index (χ0n) is 19.8. The minimum absolute atomic E-state index is 0.112. The van der Waals surface area contributed by atoms with Gasteiger partial charge in [-0.05, 0) is 50.2 Å². The number of nitrogens with zero attached hydrogens (tertiary/aromatic N) is 1. The predicted octanol–water partition coefficient (Wildman–Crippen LogP) is 3.81. The molecule has 0 atom stereocenters. The van der Waals surface area contributed by atoms with Crippen LogP contribution in [0, 0.1) is 13.8 Å². The maximum absolute atomic E-state index is 12.6. The molecule has 0 radical (unpaired) electrons. The van der Waals surface area contributed by atoms with Crippen molar-refractivity contribution in [2.45, 2.75) is 13.8 Å². The lowest BCUT2D eigenvalue weighted by Gasteiger charge is -2.17. The van der Waals surface area contributed by atoms with E-state index in [1.807, 2.05) is 32.0 Å². The summed E-state index contributed by atoms with van der Waals surface area (Å²) >= 11 is 0. The molecule has 0 fully saturated rings. The van der Waals surface area contributed by atoms with Crippen LogP contribution in [0.25, 0.3) is 0 Å². The van der Waals surface area contributed by atoms with Crippen molar-refractivity contribution in [2.24, 2.45) is 0 Å². The quantitative estimate of drug-likeness (QED) is 0.484. The average molecular weight is 474 g/mol. The van der Waals surface area contributed by atoms with E-state index in [4.69, 9.17) is 4.74 Å². The molecular weight excluding hydrogens is 446 g/mol. The van der Waals surface area contributed by atoms with E-state index in [0.29, 0.717) is 11.3 Å². The summed E-state index contributed by atoms with van der Waals surface area (Å²) in [4.78, 5) is 51.0. The molecule has 0 spiro atoms. The number of anilines is 2. The summed E-state index contributed by atoms with van der Waals surface area (Å²) in [6.07, 6.45) is 0. The number of hydrogen-bond donors (Lipinski definition) is 2. The lowest BCUT2D eigenvalue weighted by Crippen LogP contribution is -2.37. The molecule has 180 valence electrons. The van der Waals surface area contributed by atoms with Gasteiger partial charge in [0.25, 0.3) is 11.8 Å². The van der Waals surface area contributed by atoms with E-state index in [1.54, 1.807) is 48.5 Å². The van der Waals surface area contributed by atoms with Gasteiger partial charge in [-0.25, -0.2) is 4.79 Å². The number of likely N-dealkylation sites (N-methyl/N-ethyl adjacent to an activating group) is 1. The van der Waals surface area contributed by atoms with Gasteiger partial charge in [-0.15, -0.1) is 0 Å². The first-order valence-electron chi connectivity index (χ1n) is 11.0. The number of benzene rings is 3. The standard InChI is InChI=1S/C27H27N3O5/c1-18-11-13-21(14-12-18)28-24(31)16-30(3)25(32)17-35-27(34)22-9-4-5-10-23(22)29-26(33)20-8-6-7-19(2)15-20/h4-15H,16-17H2,1-3H3,(H,28,31)(H,29,33). The van der Waals surface area contributed by atoms with Gasteiger partial charge in [-0.3, -0.25) is 14.4 Å². The van der Waals surface area contributed by atoms with Gasteiger partial charge in [0.2, 0.25) is 5.91 Å². The van der Waals surface area contributed by atoms with Crippen molar-refractivity contribution in [3.63, 3.8) is 0 Å². The summed E-state index contributed by atoms with van der Waals surface area (Å²) < 4.78 is 5.16. The molecule has 0 aliphatic carbocycles. The number of nitrogens with one attached hydrogen (secondary N) is 2. The third-order valence-electron chi connectivity index (χ3n) is 5.14. The van der Waals surface area contributed by atoms with Crippen LogP contribution in [0.1, 0.15) is 31.8 Å². The monoisotopic (exact) mass is 473 g/mol. The van der Waals surface area contributed by atoms with Gasteiger partial charge in [0.1, 0.15) is 0 Å². The number of amides is 3. The Labute approximate surface area is 203 Å². The molecule has 3 aromatic rings. The van der Waals surface area contributed by atoms with E-state index < -0.39 is 18.5 Å². The third-order valence-corrected chi connectivity index (χ3v) is 5.14. The van der Waals surface area contributed by atoms with E-state index in [0.717, 1.165) is 11.1 Å². The van der Waals surface area contributed by atoms with Crippen LogP contribution in [-0.2, 0) is 14.3 Å². The van der Waals surface area contributed by atoms with Crippen molar-refractivity contribution in [3.8, 4) is 0 Å². The molecule has 8 nitrogen and oxygen atoms in total. The van der Waals surface area contributed by atoms with E-state index in [2.05, 4.69) is 10.6 Å². The number of hydrogen-bond acceptors (Lipinski definition) is 5. The summed E-state index contributed by atoms with van der Waals surface area (Å²) in [5.41, 5.74) is 3.45. The van der Waals surface area contributed by atoms with Crippen LogP contribution >= 0.6 is 0 Å². The first-order chi connectivity index (χ1) is 16.7. The highest BCUT2D eigenvalue weighted by atomic mass is 16.5. The number of rotatable bonds is 8. The summed E-state index contributed by atoms with van der Waals surface area (Å²) in [5.74, 6) is -2.06. The van der Waals surface area contributed by atoms with Crippen molar-refractivity contribution in [1.82, 2.24) is 4.90 Å². The molecule has 0 saturated heterocycles. The van der Waals surface area contributed by atoms with Crippen molar-refractivity contribution < 1.29 is 23.9 Å². The molecular formula is C27H27N3O5. The average Bonchev–Trinajstić information content (AvgIpc) is 2.84. The molecule has 0 aliphatic rings. The Morgan fingerprint density at radius 3 is 2.26 bits per heavy atom. The fourth-order valence-corrected chi connectivity index (χ4v) is 3.21. The smallest absolute Gasteiger partial charge is 0.340 e. The molecule has 0 aromatic heterocycles. The van der Waals surface area contributed by atoms with E-state index >= 15 is 0 Å². The van der Waals surface area contributed by atoms with Crippen LogP contribution < -0.4 is 10.6 Å². The molecule has 0 aliphatic heterocycles. The van der Waals surface area contributed by atoms with Crippen molar-refractivity contribution in [3.05, 3.63) is 95.1 Å². The number of aryl methyl sites for hydroxylation is 2. The molecule has 8 heteroatoms. The van der Waals surface area contributed by atoms with Gasteiger partial charge < -0.3 is 20.3 Å². The molecule has 35 heavy (non-hydrogen) atoms. The zero-order valence-corrected chi connectivity index (χ0v) is 19.8. The summed E-state index contributed by atoms with van der Waals surface area (Å²) in [5, 5.41) is 5.42. The molecule has 3 aromatic carbocycles. The van der Waals surface area contributed by atoms with Crippen molar-refractivity contribution in [2.75, 3.05) is 30.8 Å². The van der Waals surface area contributed by atoms with Crippen LogP contribution in [0.15, 0.2) is 72.8 Å². The number of para-hydroxylation sites is 1. The van der Waals surface area contributed by atoms with E-state index in [1.165, 1.54) is 18.0 Å². The Bertz CT molecular complexity index is 1240. The molecule has 0 heterocycles. The van der Waals surface area contributed by atoms with Crippen LogP contribution in [0.4, 0.5) is 11.4 Å². The molecule has 3 amide bonds. The van der Waals surface area contributed by atoms with Gasteiger partial charge in [0.05, 0.1) is 17.8 Å². The van der Waals surface area contributed by atoms with E-state index in [9.17, 15) is 19.2 Å².